The first-order valence-corrected chi connectivity index (χ1v) is 14.1. The average molecular weight is 579 g/mol. The lowest BCUT2D eigenvalue weighted by atomic mass is 9.99. The van der Waals surface area contributed by atoms with Crippen molar-refractivity contribution >= 4 is 28.4 Å². The van der Waals surface area contributed by atoms with Gasteiger partial charge >= 0.3 is 0 Å². The Morgan fingerprint density at radius 3 is 2.44 bits per heavy atom. The van der Waals surface area contributed by atoms with Crippen LogP contribution in [-0.4, -0.2) is 38.2 Å². The second kappa shape index (κ2) is 12.0. The van der Waals surface area contributed by atoms with E-state index < -0.39 is 17.2 Å². The standard InChI is InChI=1S/C33H31FN6O3/c1-2-13-40-19-26(29-31(35)36-20-37-32(29)40)22-5-9-25(10-6-22)38-33(42)28-18-39(16-21-11-14-43-15-12-21)17-27(30(28)41)23-3-7-24(34)8-4-23/h2-10,17-21H,1,11-16H2,(H,38,42)(H2,35,36,37). The van der Waals surface area contributed by atoms with Crippen molar-refractivity contribution in [2.75, 3.05) is 24.3 Å². The van der Waals surface area contributed by atoms with Crippen LogP contribution in [0.4, 0.5) is 15.9 Å². The molecule has 0 unspecified atom stereocenters. The first-order valence-electron chi connectivity index (χ1n) is 14.1. The van der Waals surface area contributed by atoms with Gasteiger partial charge in [0.2, 0.25) is 5.43 Å². The number of hydrogen-bond donors (Lipinski definition) is 2. The molecule has 3 aromatic heterocycles. The quantitative estimate of drug-likeness (QED) is 0.235. The Bertz CT molecular complexity index is 1860. The Hall–Kier alpha value is -5.09. The van der Waals surface area contributed by atoms with Crippen molar-refractivity contribution < 1.29 is 13.9 Å². The lowest BCUT2D eigenvalue weighted by molar-refractivity contribution is 0.0612. The minimum Gasteiger partial charge on any atom is -0.383 e. The average Bonchev–Trinajstić information content (AvgIpc) is 3.39. The smallest absolute Gasteiger partial charge is 0.261 e. The van der Waals surface area contributed by atoms with Gasteiger partial charge in [0.15, 0.2) is 0 Å². The fraction of sp³-hybridized carbons (Fsp3) is 0.212. The second-order valence-corrected chi connectivity index (χ2v) is 10.6. The normalized spacial score (nSPS) is 13.7. The van der Waals surface area contributed by atoms with E-state index in [-0.39, 0.29) is 5.56 Å². The Labute approximate surface area is 247 Å². The van der Waals surface area contributed by atoms with Crippen LogP contribution in [0.3, 0.4) is 0 Å². The third kappa shape index (κ3) is 5.82. The number of benzene rings is 2. The van der Waals surface area contributed by atoms with Gasteiger partial charge in [-0.3, -0.25) is 9.59 Å². The first kappa shape index (κ1) is 28.0. The molecule has 1 aliphatic rings. The molecule has 1 saturated heterocycles. The van der Waals surface area contributed by atoms with E-state index in [4.69, 9.17) is 10.5 Å². The number of nitrogen functional groups attached to an aromatic ring is 1. The van der Waals surface area contributed by atoms with E-state index in [1.54, 1.807) is 42.7 Å². The Kier molecular flexibility index (Phi) is 7.84. The zero-order valence-corrected chi connectivity index (χ0v) is 23.5. The Morgan fingerprint density at radius 2 is 1.72 bits per heavy atom. The van der Waals surface area contributed by atoms with Crippen molar-refractivity contribution in [1.82, 2.24) is 19.1 Å². The molecule has 0 aliphatic carbocycles. The fourth-order valence-corrected chi connectivity index (χ4v) is 5.54. The van der Waals surface area contributed by atoms with Gasteiger partial charge in [-0.15, -0.1) is 6.58 Å². The van der Waals surface area contributed by atoms with Crippen molar-refractivity contribution in [3.05, 3.63) is 108 Å². The van der Waals surface area contributed by atoms with Gasteiger partial charge in [0.25, 0.3) is 5.91 Å². The van der Waals surface area contributed by atoms with Crippen molar-refractivity contribution in [2.24, 2.45) is 5.92 Å². The molecule has 1 aliphatic heterocycles. The number of fused-ring (bicyclic) bond motifs is 1. The monoisotopic (exact) mass is 578 g/mol. The highest BCUT2D eigenvalue weighted by Crippen LogP contribution is 2.33. The van der Waals surface area contributed by atoms with Gasteiger partial charge < -0.3 is 24.9 Å². The number of nitrogens with two attached hydrogens (primary N) is 1. The van der Waals surface area contributed by atoms with E-state index >= 15 is 0 Å². The van der Waals surface area contributed by atoms with E-state index in [0.717, 1.165) is 29.4 Å². The summed E-state index contributed by atoms with van der Waals surface area (Å²) in [7, 11) is 0. The molecule has 10 heteroatoms. The number of halogens is 1. The third-order valence-electron chi connectivity index (χ3n) is 7.75. The SMILES string of the molecule is C=CCn1cc(-c2ccc(NC(=O)c3cn(CC4CCOCC4)cc(-c4ccc(F)cc4)c3=O)cc2)c2c(N)ncnc21. The number of pyridine rings is 1. The van der Waals surface area contributed by atoms with E-state index in [2.05, 4.69) is 21.9 Å². The number of nitrogens with zero attached hydrogens (tertiary/aromatic N) is 4. The highest BCUT2D eigenvalue weighted by molar-refractivity contribution is 6.05. The summed E-state index contributed by atoms with van der Waals surface area (Å²) in [6.07, 6.45) is 10.3. The van der Waals surface area contributed by atoms with E-state index in [1.165, 1.54) is 18.5 Å². The fourth-order valence-electron chi connectivity index (χ4n) is 5.54. The van der Waals surface area contributed by atoms with Gasteiger partial charge in [-0.1, -0.05) is 30.3 Å². The van der Waals surface area contributed by atoms with Crippen molar-refractivity contribution in [3.63, 3.8) is 0 Å². The predicted octanol–water partition coefficient (Wildman–Crippen LogP) is 5.51. The molecule has 1 fully saturated rings. The minimum absolute atomic E-state index is 0.00961. The van der Waals surface area contributed by atoms with E-state index in [0.29, 0.717) is 60.5 Å². The van der Waals surface area contributed by atoms with Crippen LogP contribution in [0.25, 0.3) is 33.3 Å². The molecule has 4 heterocycles. The maximum absolute atomic E-state index is 13.6. The summed E-state index contributed by atoms with van der Waals surface area (Å²) in [5, 5.41) is 3.61. The van der Waals surface area contributed by atoms with Crippen LogP contribution in [0, 0.1) is 11.7 Å². The summed E-state index contributed by atoms with van der Waals surface area (Å²) in [5.74, 6) is -0.192. The predicted molar refractivity (Wildman–Crippen MR) is 165 cm³/mol. The van der Waals surface area contributed by atoms with Crippen LogP contribution in [0.2, 0.25) is 0 Å². The van der Waals surface area contributed by atoms with E-state index in [1.807, 2.05) is 27.5 Å². The number of nitrogens with one attached hydrogen (secondary N) is 1. The number of carbonyl (C=O) groups is 1. The number of amides is 1. The highest BCUT2D eigenvalue weighted by atomic mass is 19.1. The number of aromatic nitrogens is 4. The second-order valence-electron chi connectivity index (χ2n) is 10.6. The summed E-state index contributed by atoms with van der Waals surface area (Å²) in [6.45, 7) is 6.39. The van der Waals surface area contributed by atoms with Gasteiger partial charge in [-0.25, -0.2) is 14.4 Å². The number of rotatable bonds is 8. The molecule has 6 rings (SSSR count). The lowest BCUT2D eigenvalue weighted by Gasteiger charge is -2.23. The molecule has 218 valence electrons. The summed E-state index contributed by atoms with van der Waals surface area (Å²) < 4.78 is 23.0. The summed E-state index contributed by atoms with van der Waals surface area (Å²) in [6, 6.07) is 13.0. The van der Waals surface area contributed by atoms with Gasteiger partial charge in [0, 0.05) is 61.7 Å². The molecule has 0 radical (unpaired) electrons. The molecule has 2 aromatic carbocycles. The van der Waals surface area contributed by atoms with Crippen LogP contribution in [0.5, 0.6) is 0 Å². The summed E-state index contributed by atoms with van der Waals surface area (Å²) in [4.78, 5) is 35.6. The summed E-state index contributed by atoms with van der Waals surface area (Å²) >= 11 is 0. The molecular weight excluding hydrogens is 547 g/mol. The van der Waals surface area contributed by atoms with Gasteiger partial charge in [0.05, 0.1) is 5.39 Å². The van der Waals surface area contributed by atoms with Crippen LogP contribution in [0.15, 0.2) is 90.9 Å². The molecule has 1 amide bonds. The molecule has 0 bridgehead atoms. The largest absolute Gasteiger partial charge is 0.383 e. The van der Waals surface area contributed by atoms with E-state index in [9.17, 15) is 14.0 Å². The molecule has 0 saturated carbocycles. The van der Waals surface area contributed by atoms with Gasteiger partial charge in [-0.2, -0.15) is 0 Å². The number of ether oxygens (including phenoxy) is 1. The van der Waals surface area contributed by atoms with Crippen molar-refractivity contribution in [3.8, 4) is 22.3 Å². The van der Waals surface area contributed by atoms with Crippen molar-refractivity contribution in [1.29, 1.82) is 0 Å². The Balaban J connectivity index is 1.30. The molecule has 0 spiro atoms. The maximum atomic E-state index is 13.6. The van der Waals surface area contributed by atoms with Gasteiger partial charge in [0.1, 0.15) is 29.2 Å². The van der Waals surface area contributed by atoms with Gasteiger partial charge in [-0.05, 0) is 54.2 Å². The minimum atomic E-state index is -0.525. The molecule has 5 aromatic rings. The maximum Gasteiger partial charge on any atom is 0.261 e. The van der Waals surface area contributed by atoms with Crippen LogP contribution >= 0.6 is 0 Å². The molecule has 0 atom stereocenters. The molecule has 9 nitrogen and oxygen atoms in total. The van der Waals surface area contributed by atoms with Crippen LogP contribution < -0.4 is 16.5 Å². The molecular formula is C33H31FN6O3. The number of allylic oxidation sites excluding steroid dienone is 1. The van der Waals surface area contributed by atoms with Crippen LogP contribution in [0.1, 0.15) is 23.2 Å². The number of anilines is 2. The third-order valence-corrected chi connectivity index (χ3v) is 7.75. The molecule has 3 N–H and O–H groups in total. The highest BCUT2D eigenvalue weighted by Gasteiger charge is 2.20. The van der Waals surface area contributed by atoms with Crippen LogP contribution in [-0.2, 0) is 17.8 Å². The van der Waals surface area contributed by atoms with Crippen molar-refractivity contribution in [2.45, 2.75) is 25.9 Å². The molecule has 43 heavy (non-hydrogen) atoms. The number of carbonyl (C=O) groups excluding carboxylic acids is 1. The zero-order valence-electron chi connectivity index (χ0n) is 23.5. The zero-order chi connectivity index (χ0) is 29.9. The topological polar surface area (TPSA) is 117 Å². The Morgan fingerprint density at radius 1 is 1.02 bits per heavy atom. The number of hydrogen-bond acceptors (Lipinski definition) is 6. The lowest BCUT2D eigenvalue weighted by Crippen LogP contribution is -2.26. The summed E-state index contributed by atoms with van der Waals surface area (Å²) in [5.41, 5.74) is 9.63. The first-order chi connectivity index (χ1) is 20.9.